The zero-order chi connectivity index (χ0) is 15.8. The highest BCUT2D eigenvalue weighted by atomic mass is 32.2. The number of benzene rings is 1. The Morgan fingerprint density at radius 1 is 1.18 bits per heavy atom. The van der Waals surface area contributed by atoms with E-state index in [1.165, 1.54) is 17.3 Å². The lowest BCUT2D eigenvalue weighted by Gasteiger charge is -2.08. The molecule has 0 saturated heterocycles. The first-order valence-corrected chi connectivity index (χ1v) is 8.95. The molecular formula is C16H19N3OS2. The number of hydrogen-bond donors (Lipinski definition) is 1. The third kappa shape index (κ3) is 5.03. The molecule has 0 aliphatic carbocycles. The predicted molar refractivity (Wildman–Crippen MR) is 91.4 cm³/mol. The number of nitrogens with zero attached hydrogens (tertiary/aromatic N) is 2. The molecule has 1 aromatic heterocycles. The molecule has 0 saturated carbocycles. The Morgan fingerprint density at radius 3 is 2.64 bits per heavy atom. The molecule has 0 aliphatic heterocycles. The Labute approximate surface area is 139 Å². The molecule has 22 heavy (non-hydrogen) atoms. The number of aryl methyl sites for hydroxylation is 1. The minimum absolute atomic E-state index is 0.0318. The maximum Gasteiger partial charge on any atom is 0.230 e. The highest BCUT2D eigenvalue weighted by molar-refractivity contribution is 8.02. The van der Waals surface area contributed by atoms with E-state index in [9.17, 15) is 4.79 Å². The summed E-state index contributed by atoms with van der Waals surface area (Å²) in [4.78, 5) is 21.6. The maximum atomic E-state index is 11.7. The lowest BCUT2D eigenvalue weighted by atomic mass is 10.2. The first-order valence-electron chi connectivity index (χ1n) is 7.14. The van der Waals surface area contributed by atoms with Gasteiger partial charge in [0.25, 0.3) is 0 Å². The van der Waals surface area contributed by atoms with Gasteiger partial charge in [-0.1, -0.05) is 48.6 Å². The van der Waals surface area contributed by atoms with Gasteiger partial charge in [-0.15, -0.1) is 0 Å². The van der Waals surface area contributed by atoms with Gasteiger partial charge in [-0.2, -0.15) is 0 Å². The summed E-state index contributed by atoms with van der Waals surface area (Å²) in [7, 11) is 0. The molecule has 1 aromatic carbocycles. The second-order valence-electron chi connectivity index (χ2n) is 4.67. The van der Waals surface area contributed by atoms with Crippen molar-refractivity contribution in [1.82, 2.24) is 15.3 Å². The molecule has 0 atom stereocenters. The van der Waals surface area contributed by atoms with Crippen LogP contribution in [0.25, 0.3) is 0 Å². The van der Waals surface area contributed by atoms with Crippen LogP contribution >= 0.6 is 23.5 Å². The maximum absolute atomic E-state index is 11.7. The van der Waals surface area contributed by atoms with Crippen molar-refractivity contribution in [1.29, 1.82) is 0 Å². The smallest absolute Gasteiger partial charge is 0.230 e. The summed E-state index contributed by atoms with van der Waals surface area (Å²) in [6, 6.07) is 8.17. The van der Waals surface area contributed by atoms with Crippen molar-refractivity contribution in [2.75, 3.05) is 12.3 Å². The van der Waals surface area contributed by atoms with Crippen LogP contribution in [-0.2, 0) is 4.79 Å². The Hall–Kier alpha value is -1.53. The van der Waals surface area contributed by atoms with Crippen molar-refractivity contribution in [3.05, 3.63) is 42.2 Å². The van der Waals surface area contributed by atoms with E-state index in [1.807, 2.05) is 19.1 Å². The van der Waals surface area contributed by atoms with Gasteiger partial charge in [0.1, 0.15) is 10.1 Å². The standard InChI is InChI=1S/C16H19N3OS2/c1-3-8-17-14(20)11-21-15-16(19-10-9-18-15)22-13-7-5-4-6-12(13)2/h4-7,9-10H,3,8,11H2,1-2H3,(H,17,20). The molecule has 0 radical (unpaired) electrons. The number of rotatable bonds is 7. The van der Waals surface area contributed by atoms with Crippen molar-refractivity contribution in [3.63, 3.8) is 0 Å². The van der Waals surface area contributed by atoms with Gasteiger partial charge in [0.05, 0.1) is 5.75 Å². The van der Waals surface area contributed by atoms with E-state index in [2.05, 4.69) is 34.3 Å². The number of thioether (sulfide) groups is 1. The van der Waals surface area contributed by atoms with E-state index < -0.39 is 0 Å². The monoisotopic (exact) mass is 333 g/mol. The van der Waals surface area contributed by atoms with Crippen LogP contribution in [0, 0.1) is 6.92 Å². The van der Waals surface area contributed by atoms with Gasteiger partial charge in [0.15, 0.2) is 0 Å². The second kappa shape index (κ2) is 8.80. The number of amides is 1. The number of aromatic nitrogens is 2. The Balaban J connectivity index is 2.04. The van der Waals surface area contributed by atoms with Gasteiger partial charge in [0, 0.05) is 23.8 Å². The van der Waals surface area contributed by atoms with Crippen LogP contribution in [0.1, 0.15) is 18.9 Å². The topological polar surface area (TPSA) is 54.9 Å². The molecule has 6 heteroatoms. The second-order valence-corrected chi connectivity index (χ2v) is 6.67. The molecule has 2 rings (SSSR count). The van der Waals surface area contributed by atoms with Crippen LogP contribution in [0.4, 0.5) is 0 Å². The van der Waals surface area contributed by atoms with Crippen molar-refractivity contribution < 1.29 is 4.79 Å². The minimum Gasteiger partial charge on any atom is -0.355 e. The first-order chi connectivity index (χ1) is 10.7. The van der Waals surface area contributed by atoms with E-state index in [0.717, 1.165) is 21.4 Å². The lowest BCUT2D eigenvalue weighted by molar-refractivity contribution is -0.118. The molecule has 0 fully saturated rings. The number of hydrogen-bond acceptors (Lipinski definition) is 5. The molecule has 2 aromatic rings. The van der Waals surface area contributed by atoms with Gasteiger partial charge in [-0.25, -0.2) is 9.97 Å². The average molecular weight is 333 g/mol. The molecule has 0 unspecified atom stereocenters. The third-order valence-electron chi connectivity index (χ3n) is 2.85. The fourth-order valence-corrected chi connectivity index (χ4v) is 3.53. The highest BCUT2D eigenvalue weighted by Crippen LogP contribution is 2.33. The molecule has 1 amide bonds. The van der Waals surface area contributed by atoms with Crippen molar-refractivity contribution in [2.24, 2.45) is 0 Å². The normalized spacial score (nSPS) is 10.5. The predicted octanol–water partition coefficient (Wildman–Crippen LogP) is 3.55. The molecule has 0 bridgehead atoms. The molecular weight excluding hydrogens is 314 g/mol. The molecule has 1 heterocycles. The summed E-state index contributed by atoms with van der Waals surface area (Å²) < 4.78 is 0. The molecule has 0 aliphatic rings. The third-order valence-corrected chi connectivity index (χ3v) is 5.12. The van der Waals surface area contributed by atoms with Crippen LogP contribution in [0.15, 0.2) is 51.6 Å². The number of nitrogens with one attached hydrogen (secondary N) is 1. The van der Waals surface area contributed by atoms with Crippen LogP contribution in [-0.4, -0.2) is 28.2 Å². The minimum atomic E-state index is 0.0318. The van der Waals surface area contributed by atoms with E-state index in [-0.39, 0.29) is 5.91 Å². The van der Waals surface area contributed by atoms with Crippen LogP contribution in [0.3, 0.4) is 0 Å². The number of carbonyl (C=O) groups excluding carboxylic acids is 1. The van der Waals surface area contributed by atoms with Gasteiger partial charge >= 0.3 is 0 Å². The van der Waals surface area contributed by atoms with Crippen molar-refractivity contribution in [2.45, 2.75) is 35.2 Å². The summed E-state index contributed by atoms with van der Waals surface area (Å²) in [6.45, 7) is 4.82. The summed E-state index contributed by atoms with van der Waals surface area (Å²) in [6.07, 6.45) is 4.28. The van der Waals surface area contributed by atoms with Crippen LogP contribution < -0.4 is 5.32 Å². The zero-order valence-corrected chi connectivity index (χ0v) is 14.3. The summed E-state index contributed by atoms with van der Waals surface area (Å²) in [5.41, 5.74) is 1.20. The van der Waals surface area contributed by atoms with E-state index in [0.29, 0.717) is 12.3 Å². The highest BCUT2D eigenvalue weighted by Gasteiger charge is 2.11. The first kappa shape index (κ1) is 16.8. The molecule has 116 valence electrons. The largest absolute Gasteiger partial charge is 0.355 e. The summed E-state index contributed by atoms with van der Waals surface area (Å²) in [5.74, 6) is 0.393. The fraction of sp³-hybridized carbons (Fsp3) is 0.312. The SMILES string of the molecule is CCCNC(=O)CSc1nccnc1Sc1ccccc1C. The van der Waals surface area contributed by atoms with Gasteiger partial charge in [-0.3, -0.25) is 4.79 Å². The quantitative estimate of drug-likeness (QED) is 0.785. The number of carbonyl (C=O) groups is 1. The summed E-state index contributed by atoms with van der Waals surface area (Å²) >= 11 is 3.01. The molecule has 4 nitrogen and oxygen atoms in total. The molecule has 0 spiro atoms. The van der Waals surface area contributed by atoms with Crippen LogP contribution in [0.5, 0.6) is 0 Å². The molecule has 1 N–H and O–H groups in total. The summed E-state index contributed by atoms with van der Waals surface area (Å²) in [5, 5.41) is 4.50. The van der Waals surface area contributed by atoms with E-state index in [1.54, 1.807) is 24.2 Å². The van der Waals surface area contributed by atoms with Crippen LogP contribution in [0.2, 0.25) is 0 Å². The fourth-order valence-electron chi connectivity index (χ4n) is 1.71. The zero-order valence-electron chi connectivity index (χ0n) is 12.7. The Kier molecular flexibility index (Phi) is 6.74. The van der Waals surface area contributed by atoms with Gasteiger partial charge in [0.2, 0.25) is 5.91 Å². The van der Waals surface area contributed by atoms with E-state index in [4.69, 9.17) is 0 Å². The average Bonchev–Trinajstić information content (AvgIpc) is 2.54. The van der Waals surface area contributed by atoms with E-state index >= 15 is 0 Å². The van der Waals surface area contributed by atoms with Crippen molar-refractivity contribution in [3.8, 4) is 0 Å². The van der Waals surface area contributed by atoms with Gasteiger partial charge < -0.3 is 5.32 Å². The van der Waals surface area contributed by atoms with Crippen molar-refractivity contribution >= 4 is 29.4 Å². The Morgan fingerprint density at radius 2 is 1.91 bits per heavy atom. The van der Waals surface area contributed by atoms with Gasteiger partial charge in [-0.05, 0) is 25.0 Å². The lowest BCUT2D eigenvalue weighted by Crippen LogP contribution is -2.25. The Bertz CT molecular complexity index is 634.